The quantitative estimate of drug-likeness (QED) is 0.663. The molecule has 130 valence electrons. The molecular weight excluding hydrogens is 353 g/mol. The molecule has 0 aliphatic heterocycles. The van der Waals surface area contributed by atoms with Crippen molar-refractivity contribution in [3.8, 4) is 5.75 Å². The van der Waals surface area contributed by atoms with E-state index in [1.165, 1.54) is 29.5 Å². The van der Waals surface area contributed by atoms with Crippen LogP contribution in [0, 0.1) is 6.92 Å². The average molecular weight is 366 g/mol. The van der Waals surface area contributed by atoms with E-state index in [0.29, 0.717) is 10.9 Å². The molecule has 1 N–H and O–H groups in total. The first kappa shape index (κ1) is 17.3. The molecule has 0 saturated carbocycles. The van der Waals surface area contributed by atoms with Crippen LogP contribution >= 0.6 is 11.3 Å². The van der Waals surface area contributed by atoms with Gasteiger partial charge in [-0.1, -0.05) is 12.1 Å². The summed E-state index contributed by atoms with van der Waals surface area (Å²) in [5, 5.41) is 10.0. The zero-order chi connectivity index (χ0) is 18.2. The van der Waals surface area contributed by atoms with Gasteiger partial charge in [-0.15, -0.1) is 11.3 Å². The Kier molecular flexibility index (Phi) is 4.43. The molecule has 0 radical (unpaired) electrons. The van der Waals surface area contributed by atoms with E-state index in [2.05, 4.69) is 0 Å². The minimum atomic E-state index is -4.39. The van der Waals surface area contributed by atoms with E-state index in [1.807, 2.05) is 13.0 Å². The smallest absolute Gasteiger partial charge is 0.416 e. The summed E-state index contributed by atoms with van der Waals surface area (Å²) in [6, 6.07) is 9.64. The highest BCUT2D eigenvalue weighted by Crippen LogP contribution is 2.36. The number of ether oxygens (including phenoxy) is 1. The Balaban J connectivity index is 1.90. The second-order valence-corrected chi connectivity index (χ2v) is 6.79. The van der Waals surface area contributed by atoms with Crippen LogP contribution in [0.1, 0.15) is 26.4 Å². The van der Waals surface area contributed by atoms with Gasteiger partial charge in [0.1, 0.15) is 17.9 Å². The van der Waals surface area contributed by atoms with E-state index in [-0.39, 0.29) is 17.9 Å². The van der Waals surface area contributed by atoms with Crippen LogP contribution in [0.5, 0.6) is 5.75 Å². The number of carboxylic acids is 1. The van der Waals surface area contributed by atoms with Crippen LogP contribution in [0.25, 0.3) is 10.1 Å². The molecule has 0 spiro atoms. The van der Waals surface area contributed by atoms with Crippen LogP contribution in [0.2, 0.25) is 0 Å². The Hall–Kier alpha value is -2.54. The number of carbonyl (C=O) groups is 1. The Morgan fingerprint density at radius 1 is 1.16 bits per heavy atom. The molecule has 3 aromatic rings. The first-order valence-corrected chi connectivity index (χ1v) is 8.13. The summed E-state index contributed by atoms with van der Waals surface area (Å²) in [7, 11) is 0. The van der Waals surface area contributed by atoms with Gasteiger partial charge in [-0.05, 0) is 42.8 Å². The van der Waals surface area contributed by atoms with E-state index in [4.69, 9.17) is 4.74 Å². The summed E-state index contributed by atoms with van der Waals surface area (Å²) in [6.07, 6.45) is -4.39. The zero-order valence-electron chi connectivity index (χ0n) is 13.1. The molecule has 0 unspecified atom stereocenters. The van der Waals surface area contributed by atoms with Crippen LogP contribution in [0.15, 0.2) is 42.5 Å². The number of thiophene rings is 1. The lowest BCUT2D eigenvalue weighted by Crippen LogP contribution is -2.06. The SMILES string of the molecule is Cc1cc2c(OCc3ccc(C(F)(F)F)cc3)c(C(=O)O)ccc2s1. The van der Waals surface area contributed by atoms with E-state index in [0.717, 1.165) is 21.7 Å². The molecule has 0 atom stereocenters. The third-order valence-electron chi connectivity index (χ3n) is 3.67. The maximum atomic E-state index is 12.6. The second kappa shape index (κ2) is 6.40. The highest BCUT2D eigenvalue weighted by molar-refractivity contribution is 7.19. The molecule has 2 aromatic carbocycles. The maximum Gasteiger partial charge on any atom is 0.416 e. The number of halogens is 3. The summed E-state index contributed by atoms with van der Waals surface area (Å²) in [6.45, 7) is 1.89. The lowest BCUT2D eigenvalue weighted by Gasteiger charge is -2.12. The summed E-state index contributed by atoms with van der Waals surface area (Å²) in [5.41, 5.74) is -0.191. The summed E-state index contributed by atoms with van der Waals surface area (Å²) >= 11 is 1.52. The largest absolute Gasteiger partial charge is 0.487 e. The Morgan fingerprint density at radius 2 is 1.84 bits per heavy atom. The molecule has 0 aliphatic rings. The van der Waals surface area contributed by atoms with Gasteiger partial charge in [-0.2, -0.15) is 13.2 Å². The fourth-order valence-electron chi connectivity index (χ4n) is 2.48. The van der Waals surface area contributed by atoms with Gasteiger partial charge in [0.2, 0.25) is 0 Å². The lowest BCUT2D eigenvalue weighted by molar-refractivity contribution is -0.137. The number of alkyl halides is 3. The predicted molar refractivity (Wildman–Crippen MR) is 89.3 cm³/mol. The van der Waals surface area contributed by atoms with Crippen molar-refractivity contribution in [2.45, 2.75) is 19.7 Å². The lowest BCUT2D eigenvalue weighted by atomic mass is 10.1. The highest BCUT2D eigenvalue weighted by atomic mass is 32.1. The molecule has 0 saturated heterocycles. The van der Waals surface area contributed by atoms with E-state index < -0.39 is 17.7 Å². The van der Waals surface area contributed by atoms with Crippen molar-refractivity contribution in [2.24, 2.45) is 0 Å². The molecule has 0 bridgehead atoms. The van der Waals surface area contributed by atoms with Crippen LogP contribution in [0.4, 0.5) is 13.2 Å². The van der Waals surface area contributed by atoms with Gasteiger partial charge >= 0.3 is 12.1 Å². The summed E-state index contributed by atoms with van der Waals surface area (Å²) in [5.74, 6) is -0.887. The summed E-state index contributed by atoms with van der Waals surface area (Å²) in [4.78, 5) is 12.4. The molecule has 0 aliphatic carbocycles. The Morgan fingerprint density at radius 3 is 2.44 bits per heavy atom. The zero-order valence-corrected chi connectivity index (χ0v) is 13.9. The first-order chi connectivity index (χ1) is 11.8. The van der Waals surface area contributed by atoms with Gasteiger partial charge in [-0.25, -0.2) is 4.79 Å². The van der Waals surface area contributed by atoms with Gasteiger partial charge in [0, 0.05) is 15.0 Å². The van der Waals surface area contributed by atoms with Gasteiger partial charge in [-0.3, -0.25) is 0 Å². The van der Waals surface area contributed by atoms with Crippen LogP contribution in [-0.2, 0) is 12.8 Å². The third-order valence-corrected chi connectivity index (χ3v) is 4.69. The summed E-state index contributed by atoms with van der Waals surface area (Å²) < 4.78 is 44.4. The van der Waals surface area contributed by atoms with Crippen molar-refractivity contribution < 1.29 is 27.8 Å². The van der Waals surface area contributed by atoms with Gasteiger partial charge in [0.15, 0.2) is 0 Å². The fourth-order valence-corrected chi connectivity index (χ4v) is 3.40. The van der Waals surface area contributed by atoms with Gasteiger partial charge < -0.3 is 9.84 Å². The molecule has 25 heavy (non-hydrogen) atoms. The second-order valence-electron chi connectivity index (χ2n) is 5.50. The normalized spacial score (nSPS) is 11.7. The van der Waals surface area contributed by atoms with E-state index in [1.54, 1.807) is 6.07 Å². The molecule has 1 heterocycles. The standard InChI is InChI=1S/C18H13F3O3S/c1-10-8-14-15(25-10)7-6-13(17(22)23)16(14)24-9-11-2-4-12(5-3-11)18(19,20)21/h2-8H,9H2,1H3,(H,22,23). The number of fused-ring (bicyclic) bond motifs is 1. The van der Waals surface area contributed by atoms with Crippen LogP contribution in [0.3, 0.4) is 0 Å². The average Bonchev–Trinajstić information content (AvgIpc) is 2.92. The number of rotatable bonds is 4. The minimum Gasteiger partial charge on any atom is -0.487 e. The molecular formula is C18H13F3O3S. The van der Waals surface area contributed by atoms with E-state index >= 15 is 0 Å². The Bertz CT molecular complexity index is 927. The third kappa shape index (κ3) is 3.61. The maximum absolute atomic E-state index is 12.6. The van der Waals surface area contributed by atoms with Crippen molar-refractivity contribution in [3.63, 3.8) is 0 Å². The molecule has 0 fully saturated rings. The monoisotopic (exact) mass is 366 g/mol. The van der Waals surface area contributed by atoms with Crippen molar-refractivity contribution in [2.75, 3.05) is 0 Å². The van der Waals surface area contributed by atoms with Gasteiger partial charge in [0.05, 0.1) is 5.56 Å². The van der Waals surface area contributed by atoms with Crippen LogP contribution in [-0.4, -0.2) is 11.1 Å². The number of hydrogen-bond donors (Lipinski definition) is 1. The first-order valence-electron chi connectivity index (χ1n) is 7.31. The van der Waals surface area contributed by atoms with Gasteiger partial charge in [0.25, 0.3) is 0 Å². The van der Waals surface area contributed by atoms with E-state index in [9.17, 15) is 23.1 Å². The number of hydrogen-bond acceptors (Lipinski definition) is 3. The molecule has 3 nitrogen and oxygen atoms in total. The number of aromatic carboxylic acids is 1. The molecule has 3 rings (SSSR count). The topological polar surface area (TPSA) is 46.5 Å². The minimum absolute atomic E-state index is 0.0214. The number of benzene rings is 2. The Labute approximate surface area is 145 Å². The van der Waals surface area contributed by atoms with Crippen molar-refractivity contribution in [3.05, 3.63) is 64.0 Å². The number of carboxylic acid groups (broad SMARTS) is 1. The molecule has 7 heteroatoms. The van der Waals surface area contributed by atoms with Crippen LogP contribution < -0.4 is 4.74 Å². The fraction of sp³-hybridized carbons (Fsp3) is 0.167. The van der Waals surface area contributed by atoms with Crippen molar-refractivity contribution in [1.29, 1.82) is 0 Å². The molecule has 0 amide bonds. The highest BCUT2D eigenvalue weighted by Gasteiger charge is 2.30. The number of aryl methyl sites for hydroxylation is 1. The van der Waals surface area contributed by atoms with Crippen molar-refractivity contribution in [1.82, 2.24) is 0 Å². The predicted octanol–water partition coefficient (Wildman–Crippen LogP) is 5.51. The molecule has 1 aromatic heterocycles. The van der Waals surface area contributed by atoms with Crippen molar-refractivity contribution >= 4 is 27.4 Å².